The zero-order valence-corrected chi connectivity index (χ0v) is 19.4. The van der Waals surface area contributed by atoms with E-state index in [0.717, 1.165) is 28.1 Å². The molecule has 156 valence electrons. The van der Waals surface area contributed by atoms with E-state index in [9.17, 15) is 8.42 Å². The third kappa shape index (κ3) is 4.29. The summed E-state index contributed by atoms with van der Waals surface area (Å²) >= 11 is 13.4. The molecule has 2 N–H and O–H groups in total. The second-order valence-corrected chi connectivity index (χ2v) is 10.9. The average Bonchev–Trinajstić information content (AvgIpc) is 3.26. The summed E-state index contributed by atoms with van der Waals surface area (Å²) in [5.74, 6) is 0. The van der Waals surface area contributed by atoms with Crippen LogP contribution in [-0.4, -0.2) is 24.8 Å². The number of pyridine rings is 1. The van der Waals surface area contributed by atoms with Gasteiger partial charge in [0.25, 0.3) is 0 Å². The predicted molar refractivity (Wildman–Crippen MR) is 127 cm³/mol. The molecule has 2 aromatic heterocycles. The topological polar surface area (TPSA) is 74.3 Å². The van der Waals surface area contributed by atoms with Crippen molar-refractivity contribution in [2.45, 2.75) is 19.0 Å². The Hall–Kier alpha value is -2.20. The maximum absolute atomic E-state index is 11.6. The second-order valence-electron chi connectivity index (χ2n) is 7.01. The second kappa shape index (κ2) is 8.14. The Kier molecular flexibility index (Phi) is 5.71. The third-order valence-electron chi connectivity index (χ3n) is 4.77. The normalized spacial score (nSPS) is 19.0. The van der Waals surface area contributed by atoms with E-state index in [1.54, 1.807) is 12.3 Å². The van der Waals surface area contributed by atoms with E-state index in [2.05, 4.69) is 15.0 Å². The van der Waals surface area contributed by atoms with Gasteiger partial charge in [0.1, 0.15) is 0 Å². The Morgan fingerprint density at radius 1 is 1.23 bits per heavy atom. The predicted octanol–water partition coefficient (Wildman–Crippen LogP) is 4.65. The van der Waals surface area contributed by atoms with Gasteiger partial charge in [0.05, 0.1) is 34.1 Å². The molecule has 0 unspecified atom stereocenters. The molecule has 0 spiro atoms. The molecule has 1 aliphatic rings. The maximum atomic E-state index is 11.6. The van der Waals surface area contributed by atoms with Crippen LogP contribution in [0, 0.1) is 6.92 Å². The number of rotatable bonds is 5. The number of hydrogen-bond donors (Lipinski definition) is 2. The third-order valence-corrected chi connectivity index (χ3v) is 6.97. The van der Waals surface area contributed by atoms with E-state index in [1.807, 2.05) is 54.3 Å². The molecule has 4 rings (SSSR count). The number of nitrogens with one attached hydrogen (secondary N) is 2. The van der Waals surface area contributed by atoms with E-state index in [0.29, 0.717) is 15.1 Å². The number of aromatic nitrogens is 1. The highest BCUT2D eigenvalue weighted by molar-refractivity contribution is 7.92. The van der Waals surface area contributed by atoms with E-state index >= 15 is 0 Å². The van der Waals surface area contributed by atoms with Gasteiger partial charge in [-0.15, -0.1) is 11.3 Å². The molecule has 2 atom stereocenters. The summed E-state index contributed by atoms with van der Waals surface area (Å²) in [5, 5.41) is 3.97. The van der Waals surface area contributed by atoms with Gasteiger partial charge >= 0.3 is 0 Å². The fourth-order valence-corrected chi connectivity index (χ4v) is 5.69. The summed E-state index contributed by atoms with van der Waals surface area (Å²) in [6, 6.07) is 14.9. The molecule has 3 heterocycles. The first-order chi connectivity index (χ1) is 14.2. The first-order valence-electron chi connectivity index (χ1n) is 9.07. The highest BCUT2D eigenvalue weighted by Crippen LogP contribution is 2.44. The molecule has 10 heteroatoms. The summed E-state index contributed by atoms with van der Waals surface area (Å²) in [5.41, 5.74) is 3.07. The fraction of sp³-hybridized carbons (Fsp3) is 0.200. The lowest BCUT2D eigenvalue weighted by Crippen LogP contribution is -2.29. The van der Waals surface area contributed by atoms with Crippen LogP contribution in [0.4, 0.5) is 11.4 Å². The monoisotopic (exact) mass is 478 g/mol. The lowest BCUT2D eigenvalue weighted by Gasteiger charge is -2.27. The number of nitrogens with zero attached hydrogens (tertiary/aromatic N) is 2. The van der Waals surface area contributed by atoms with Crippen LogP contribution in [0.5, 0.6) is 0 Å². The number of aryl methyl sites for hydroxylation is 1. The first-order valence-corrected chi connectivity index (χ1v) is 12.6. The summed E-state index contributed by atoms with van der Waals surface area (Å²) in [6.45, 7) is 1.86. The number of thiocarbonyl (C=S) groups is 1. The van der Waals surface area contributed by atoms with E-state index in [-0.39, 0.29) is 12.1 Å². The Bertz CT molecular complexity index is 1200. The number of thiophene rings is 1. The summed E-state index contributed by atoms with van der Waals surface area (Å²) in [6.07, 6.45) is 2.89. The van der Waals surface area contributed by atoms with Crippen LogP contribution in [-0.2, 0) is 10.0 Å². The Morgan fingerprint density at radius 3 is 2.63 bits per heavy atom. The van der Waals surface area contributed by atoms with Crippen LogP contribution in [0.25, 0.3) is 0 Å². The van der Waals surface area contributed by atoms with Crippen LogP contribution >= 0.6 is 35.2 Å². The molecule has 1 saturated heterocycles. The van der Waals surface area contributed by atoms with Crippen molar-refractivity contribution in [2.75, 3.05) is 15.9 Å². The fourth-order valence-electron chi connectivity index (χ4n) is 3.52. The number of halogens is 1. The van der Waals surface area contributed by atoms with Crippen molar-refractivity contribution in [1.82, 2.24) is 10.3 Å². The molecule has 0 aliphatic carbocycles. The van der Waals surface area contributed by atoms with Gasteiger partial charge in [-0.05, 0) is 67.2 Å². The summed E-state index contributed by atoms with van der Waals surface area (Å²) in [4.78, 5) is 7.61. The van der Waals surface area contributed by atoms with Crippen molar-refractivity contribution < 1.29 is 8.42 Å². The molecule has 0 amide bonds. The van der Waals surface area contributed by atoms with Crippen LogP contribution in [0.1, 0.15) is 28.2 Å². The molecular weight excluding hydrogens is 460 g/mol. The number of anilines is 2. The van der Waals surface area contributed by atoms with E-state index in [1.165, 1.54) is 11.3 Å². The van der Waals surface area contributed by atoms with Gasteiger partial charge in [0, 0.05) is 16.8 Å². The van der Waals surface area contributed by atoms with Crippen molar-refractivity contribution in [1.29, 1.82) is 0 Å². The largest absolute Gasteiger partial charge is 0.351 e. The number of sulfonamides is 1. The molecule has 0 saturated carbocycles. The number of benzene rings is 1. The minimum atomic E-state index is -3.36. The van der Waals surface area contributed by atoms with Gasteiger partial charge < -0.3 is 10.2 Å². The van der Waals surface area contributed by atoms with Crippen molar-refractivity contribution in [2.24, 2.45) is 0 Å². The molecule has 3 aromatic rings. The standard InChI is InChI=1S/C20H19ClN4O2S3/c1-12-11-13(6-7-14(12)24-30(2,26)27)25-19(16-8-9-17(21)29-16)18(23-20(25)28)15-5-3-4-10-22-15/h3-11,18-19,24H,1-2H3,(H,23,28)/t18-,19-/m1/s1. The van der Waals surface area contributed by atoms with Crippen LogP contribution in [0.2, 0.25) is 4.34 Å². The zero-order chi connectivity index (χ0) is 21.5. The first kappa shape index (κ1) is 21.0. The molecular formula is C20H19ClN4O2S3. The van der Waals surface area contributed by atoms with Crippen molar-refractivity contribution in [3.63, 3.8) is 0 Å². The zero-order valence-electron chi connectivity index (χ0n) is 16.2. The van der Waals surface area contributed by atoms with Gasteiger partial charge in [-0.3, -0.25) is 9.71 Å². The minimum absolute atomic E-state index is 0.141. The van der Waals surface area contributed by atoms with Crippen LogP contribution < -0.4 is 14.9 Å². The smallest absolute Gasteiger partial charge is 0.229 e. The van der Waals surface area contributed by atoms with Gasteiger partial charge in [-0.25, -0.2) is 8.42 Å². The molecule has 1 fully saturated rings. The minimum Gasteiger partial charge on any atom is -0.351 e. The highest BCUT2D eigenvalue weighted by Gasteiger charge is 2.41. The van der Waals surface area contributed by atoms with Gasteiger partial charge in [-0.1, -0.05) is 17.7 Å². The maximum Gasteiger partial charge on any atom is 0.229 e. The SMILES string of the molecule is Cc1cc(N2C(=S)N[C@H](c3ccccn3)[C@H]2c2ccc(Cl)s2)ccc1NS(C)(=O)=O. The quantitative estimate of drug-likeness (QED) is 0.520. The molecule has 1 aliphatic heterocycles. The van der Waals surface area contributed by atoms with E-state index in [4.69, 9.17) is 23.8 Å². The average molecular weight is 479 g/mol. The lowest BCUT2D eigenvalue weighted by atomic mass is 10.0. The molecule has 1 aromatic carbocycles. The van der Waals surface area contributed by atoms with Gasteiger partial charge in [0.2, 0.25) is 10.0 Å². The lowest BCUT2D eigenvalue weighted by molar-refractivity contribution is 0.575. The Morgan fingerprint density at radius 2 is 2.03 bits per heavy atom. The highest BCUT2D eigenvalue weighted by atomic mass is 35.5. The van der Waals surface area contributed by atoms with Gasteiger partial charge in [-0.2, -0.15) is 0 Å². The Labute approximate surface area is 190 Å². The molecule has 0 bridgehead atoms. The molecule has 6 nitrogen and oxygen atoms in total. The van der Waals surface area contributed by atoms with Crippen molar-refractivity contribution in [3.05, 3.63) is 75.2 Å². The summed E-state index contributed by atoms with van der Waals surface area (Å²) < 4.78 is 26.5. The van der Waals surface area contributed by atoms with Crippen molar-refractivity contribution >= 4 is 61.7 Å². The molecule has 30 heavy (non-hydrogen) atoms. The molecule has 0 radical (unpaired) electrons. The van der Waals surface area contributed by atoms with Crippen LogP contribution in [0.3, 0.4) is 0 Å². The van der Waals surface area contributed by atoms with Crippen molar-refractivity contribution in [3.8, 4) is 0 Å². The number of hydrogen-bond acceptors (Lipinski definition) is 5. The Balaban J connectivity index is 1.77. The van der Waals surface area contributed by atoms with Gasteiger partial charge in [0.15, 0.2) is 5.11 Å². The van der Waals surface area contributed by atoms with Crippen LogP contribution in [0.15, 0.2) is 54.7 Å². The van der Waals surface area contributed by atoms with E-state index < -0.39 is 10.0 Å². The summed E-state index contributed by atoms with van der Waals surface area (Å²) in [7, 11) is -3.36.